The van der Waals surface area contributed by atoms with Gasteiger partial charge in [0, 0.05) is 22.7 Å². The summed E-state index contributed by atoms with van der Waals surface area (Å²) in [5, 5.41) is 13.6. The fourth-order valence-electron chi connectivity index (χ4n) is 4.26. The van der Waals surface area contributed by atoms with Crippen molar-refractivity contribution in [2.24, 2.45) is 0 Å². The smallest absolute Gasteiger partial charge is 0.165 e. The maximum Gasteiger partial charge on any atom is 0.165 e. The molecule has 2 atom stereocenters. The molecule has 0 saturated carbocycles. The first-order valence-electron chi connectivity index (χ1n) is 11.3. The summed E-state index contributed by atoms with van der Waals surface area (Å²) in [6.45, 7) is 1.07. The third-order valence-electron chi connectivity index (χ3n) is 5.91. The van der Waals surface area contributed by atoms with Crippen LogP contribution in [-0.4, -0.2) is 50.1 Å². The Labute approximate surface area is 198 Å². The molecule has 4 aromatic rings. The largest absolute Gasteiger partial charge is 0.493 e. The zero-order valence-corrected chi connectivity index (χ0v) is 19.3. The van der Waals surface area contributed by atoms with Crippen LogP contribution in [0.1, 0.15) is 17.0 Å². The number of quaternary nitrogens is 1. The Morgan fingerprint density at radius 3 is 2.44 bits per heavy atom. The number of aliphatic hydroxyl groups is 1. The number of H-pyrrole nitrogens is 1. The highest BCUT2D eigenvalue weighted by Crippen LogP contribution is 2.39. The topological polar surface area (TPSA) is 80.3 Å². The summed E-state index contributed by atoms with van der Waals surface area (Å²) >= 11 is 0. The summed E-state index contributed by atoms with van der Waals surface area (Å²) in [6, 6.07) is 20.2. The van der Waals surface area contributed by atoms with E-state index in [2.05, 4.69) is 11.1 Å². The number of nitrogens with one attached hydrogen (secondary N) is 1. The number of hydrogen-bond acceptors (Lipinski definition) is 4. The number of aromatic nitrogens is 1. The summed E-state index contributed by atoms with van der Waals surface area (Å²) in [5.74, 6) is 1.03. The van der Waals surface area contributed by atoms with Crippen molar-refractivity contribution in [2.45, 2.75) is 12.0 Å². The SMILES string of the molecule is COc1cccc([C@@H](C[NH2+]C[C@H](O)COc2ccccc2F)c2c[nH]c3ccccc23)c1OC. The van der Waals surface area contributed by atoms with Crippen molar-refractivity contribution >= 4 is 10.9 Å². The van der Waals surface area contributed by atoms with E-state index in [1.165, 1.54) is 6.07 Å². The van der Waals surface area contributed by atoms with Crippen LogP contribution in [0, 0.1) is 5.82 Å². The van der Waals surface area contributed by atoms with Gasteiger partial charge in [-0.15, -0.1) is 0 Å². The number of ether oxygens (including phenoxy) is 3. The number of hydrogen-bond donors (Lipinski definition) is 3. The van der Waals surface area contributed by atoms with Crippen molar-refractivity contribution in [1.29, 1.82) is 0 Å². The highest BCUT2D eigenvalue weighted by Gasteiger charge is 2.25. The van der Waals surface area contributed by atoms with Crippen LogP contribution in [0.3, 0.4) is 0 Å². The Morgan fingerprint density at radius 2 is 1.65 bits per heavy atom. The number of aromatic amines is 1. The van der Waals surface area contributed by atoms with E-state index < -0.39 is 11.9 Å². The number of para-hydroxylation sites is 3. The van der Waals surface area contributed by atoms with Crippen molar-refractivity contribution in [3.63, 3.8) is 0 Å². The normalized spacial score (nSPS) is 12.9. The minimum atomic E-state index is -0.754. The summed E-state index contributed by atoms with van der Waals surface area (Å²) in [6.07, 6.45) is 1.27. The molecule has 0 aliphatic carbocycles. The van der Waals surface area contributed by atoms with Crippen LogP contribution in [0.25, 0.3) is 10.9 Å². The van der Waals surface area contributed by atoms with Crippen molar-refractivity contribution in [3.05, 3.63) is 89.9 Å². The molecule has 1 aromatic heterocycles. The number of aliphatic hydroxyl groups excluding tert-OH is 1. The molecule has 0 unspecified atom stereocenters. The summed E-state index contributed by atoms with van der Waals surface area (Å²) in [4.78, 5) is 3.36. The lowest BCUT2D eigenvalue weighted by molar-refractivity contribution is -0.662. The van der Waals surface area contributed by atoms with E-state index in [-0.39, 0.29) is 18.3 Å². The van der Waals surface area contributed by atoms with Gasteiger partial charge in [-0.1, -0.05) is 42.5 Å². The first kappa shape index (κ1) is 23.6. The average molecular weight is 466 g/mol. The number of halogens is 1. The Balaban J connectivity index is 1.52. The van der Waals surface area contributed by atoms with Crippen LogP contribution in [-0.2, 0) is 0 Å². The van der Waals surface area contributed by atoms with Crippen molar-refractivity contribution < 1.29 is 29.0 Å². The molecule has 1 heterocycles. The fraction of sp³-hybridized carbons (Fsp3) is 0.259. The van der Waals surface area contributed by atoms with Gasteiger partial charge >= 0.3 is 0 Å². The lowest BCUT2D eigenvalue weighted by Crippen LogP contribution is -2.87. The standard InChI is InChI=1S/C27H29FN2O4/c1-32-26-13-7-9-20(27(26)33-2)21(22-16-30-24-11-5-3-8-19(22)24)15-29-14-18(31)17-34-25-12-6-4-10-23(25)28/h3-13,16,18,21,29-31H,14-15,17H2,1-2H3/p+1/t18-,21+/m0/s1. The zero-order chi connectivity index (χ0) is 23.9. The van der Waals surface area contributed by atoms with Crippen molar-refractivity contribution in [3.8, 4) is 17.2 Å². The molecule has 0 aliphatic heterocycles. The molecular weight excluding hydrogens is 435 g/mol. The van der Waals surface area contributed by atoms with E-state index in [1.54, 1.807) is 32.4 Å². The molecule has 6 nitrogen and oxygen atoms in total. The number of fused-ring (bicyclic) bond motifs is 1. The van der Waals surface area contributed by atoms with Crippen LogP contribution in [0.15, 0.2) is 72.9 Å². The van der Waals surface area contributed by atoms with Crippen LogP contribution in [0.4, 0.5) is 4.39 Å². The number of benzene rings is 3. The lowest BCUT2D eigenvalue weighted by Gasteiger charge is -2.21. The first-order valence-corrected chi connectivity index (χ1v) is 11.3. The third kappa shape index (κ3) is 5.16. The number of nitrogens with two attached hydrogens (primary N) is 1. The van der Waals surface area contributed by atoms with Gasteiger partial charge < -0.3 is 29.6 Å². The molecule has 0 amide bonds. The molecule has 0 fully saturated rings. The Bertz CT molecular complexity index is 1230. The predicted octanol–water partition coefficient (Wildman–Crippen LogP) is 3.46. The molecule has 0 radical (unpaired) electrons. The molecule has 0 saturated heterocycles. The Morgan fingerprint density at radius 1 is 0.882 bits per heavy atom. The molecule has 7 heteroatoms. The molecule has 3 aromatic carbocycles. The van der Waals surface area contributed by atoms with Gasteiger partial charge in [-0.25, -0.2) is 4.39 Å². The van der Waals surface area contributed by atoms with E-state index >= 15 is 0 Å². The third-order valence-corrected chi connectivity index (χ3v) is 5.91. The highest BCUT2D eigenvalue weighted by atomic mass is 19.1. The molecule has 4 rings (SSSR count). The second kappa shape index (κ2) is 11.0. The van der Waals surface area contributed by atoms with Gasteiger partial charge in [0.2, 0.25) is 0 Å². The van der Waals surface area contributed by atoms with E-state index in [4.69, 9.17) is 14.2 Å². The maximum absolute atomic E-state index is 13.8. The van der Waals surface area contributed by atoms with Gasteiger partial charge in [-0.05, 0) is 29.8 Å². The van der Waals surface area contributed by atoms with Crippen molar-refractivity contribution in [1.82, 2.24) is 4.98 Å². The second-order valence-electron chi connectivity index (χ2n) is 8.08. The predicted molar refractivity (Wildman–Crippen MR) is 129 cm³/mol. The lowest BCUT2D eigenvalue weighted by atomic mass is 9.89. The van der Waals surface area contributed by atoms with E-state index in [0.29, 0.717) is 24.6 Å². The zero-order valence-electron chi connectivity index (χ0n) is 19.3. The summed E-state index contributed by atoms with van der Waals surface area (Å²) in [7, 11) is 3.27. The van der Waals surface area contributed by atoms with Gasteiger partial charge in [0.1, 0.15) is 19.3 Å². The number of rotatable bonds is 11. The highest BCUT2D eigenvalue weighted by molar-refractivity contribution is 5.84. The molecule has 0 aliphatic rings. The summed E-state index contributed by atoms with van der Waals surface area (Å²) < 4.78 is 30.5. The van der Waals surface area contributed by atoms with Gasteiger partial charge in [0.15, 0.2) is 23.1 Å². The van der Waals surface area contributed by atoms with E-state index in [0.717, 1.165) is 22.0 Å². The Kier molecular flexibility index (Phi) is 7.67. The van der Waals surface area contributed by atoms with E-state index in [9.17, 15) is 9.50 Å². The van der Waals surface area contributed by atoms with Crippen LogP contribution >= 0.6 is 0 Å². The minimum Gasteiger partial charge on any atom is -0.493 e. The van der Waals surface area contributed by atoms with Gasteiger partial charge in [0.05, 0.1) is 26.7 Å². The van der Waals surface area contributed by atoms with Crippen LogP contribution in [0.2, 0.25) is 0 Å². The average Bonchev–Trinajstić information content (AvgIpc) is 3.29. The second-order valence-corrected chi connectivity index (χ2v) is 8.08. The van der Waals surface area contributed by atoms with Gasteiger partial charge in [0.25, 0.3) is 0 Å². The number of methoxy groups -OCH3 is 2. The first-order chi connectivity index (χ1) is 16.6. The molecule has 0 bridgehead atoms. The van der Waals surface area contributed by atoms with Crippen LogP contribution in [0.5, 0.6) is 17.2 Å². The van der Waals surface area contributed by atoms with Gasteiger partial charge in [-0.2, -0.15) is 0 Å². The minimum absolute atomic E-state index is 0.0116. The Hall–Kier alpha value is -3.55. The molecule has 0 spiro atoms. The van der Waals surface area contributed by atoms with Crippen LogP contribution < -0.4 is 19.5 Å². The van der Waals surface area contributed by atoms with E-state index in [1.807, 2.05) is 47.9 Å². The molecular formula is C27H30FN2O4+. The molecule has 34 heavy (non-hydrogen) atoms. The monoisotopic (exact) mass is 465 g/mol. The molecule has 178 valence electrons. The summed E-state index contributed by atoms with van der Waals surface area (Å²) in [5.41, 5.74) is 3.19. The fourth-order valence-corrected chi connectivity index (χ4v) is 4.26. The van der Waals surface area contributed by atoms with Gasteiger partial charge in [-0.3, -0.25) is 0 Å². The van der Waals surface area contributed by atoms with Crippen molar-refractivity contribution in [2.75, 3.05) is 33.9 Å². The molecule has 4 N–H and O–H groups in total. The maximum atomic E-state index is 13.8. The quantitative estimate of drug-likeness (QED) is 0.317.